The molecular formula is C24H14Cl3F2N3O2. The first-order chi connectivity index (χ1) is 16.3. The highest BCUT2D eigenvalue weighted by Gasteiger charge is 2.17. The monoisotopic (exact) mass is 519 g/mol. The lowest BCUT2D eigenvalue weighted by molar-refractivity contribution is 0.130. The minimum Gasteiger partial charge on any atom is -0.390 e. The van der Waals surface area contributed by atoms with Gasteiger partial charge in [0.25, 0.3) is 5.56 Å². The van der Waals surface area contributed by atoms with Crippen LogP contribution >= 0.6 is 34.8 Å². The molecule has 0 N–H and O–H groups in total. The van der Waals surface area contributed by atoms with Gasteiger partial charge in [-0.25, -0.2) is 13.8 Å². The molecule has 4 aromatic rings. The van der Waals surface area contributed by atoms with Gasteiger partial charge >= 0.3 is 0 Å². The first-order valence-corrected chi connectivity index (χ1v) is 10.9. The van der Waals surface area contributed by atoms with Gasteiger partial charge in [-0.15, -0.1) is 0 Å². The van der Waals surface area contributed by atoms with Crippen LogP contribution in [0.5, 0.6) is 0 Å². The van der Waals surface area contributed by atoms with Crippen LogP contribution in [0.3, 0.4) is 0 Å². The molecule has 4 rings (SSSR count). The average molecular weight is 521 g/mol. The normalized spacial score (nSPS) is 11.5. The Morgan fingerprint density at radius 1 is 1.00 bits per heavy atom. The van der Waals surface area contributed by atoms with E-state index in [1.165, 1.54) is 35.2 Å². The average Bonchev–Trinajstić information content (AvgIpc) is 2.80. The Kier molecular flexibility index (Phi) is 7.26. The highest BCUT2D eigenvalue weighted by molar-refractivity contribution is 6.37. The van der Waals surface area contributed by atoms with Crippen molar-refractivity contribution in [3.05, 3.63) is 127 Å². The minimum absolute atomic E-state index is 0.00641. The quantitative estimate of drug-likeness (QED) is 0.167. The van der Waals surface area contributed by atoms with Gasteiger partial charge in [-0.3, -0.25) is 9.36 Å². The molecule has 0 fully saturated rings. The summed E-state index contributed by atoms with van der Waals surface area (Å²) in [7, 11) is 0. The van der Waals surface area contributed by atoms with E-state index in [-0.39, 0.29) is 33.6 Å². The zero-order valence-electron chi connectivity index (χ0n) is 17.2. The van der Waals surface area contributed by atoms with Gasteiger partial charge in [0.05, 0.1) is 15.7 Å². The summed E-state index contributed by atoms with van der Waals surface area (Å²) in [6.45, 7) is 0.00641. The zero-order chi connectivity index (χ0) is 24.2. The molecule has 0 radical (unpaired) electrons. The molecule has 2 aromatic carbocycles. The van der Waals surface area contributed by atoms with E-state index in [0.717, 1.165) is 12.1 Å². The summed E-state index contributed by atoms with van der Waals surface area (Å²) in [5.41, 5.74) is 0.785. The van der Waals surface area contributed by atoms with Crippen LogP contribution in [0.4, 0.5) is 8.78 Å². The molecule has 0 spiro atoms. The second-order valence-electron chi connectivity index (χ2n) is 7.02. The van der Waals surface area contributed by atoms with Crippen molar-refractivity contribution in [3.63, 3.8) is 0 Å². The number of pyridine rings is 2. The molecule has 0 saturated heterocycles. The maximum Gasteiger partial charge on any atom is 0.255 e. The van der Waals surface area contributed by atoms with Crippen LogP contribution < -0.4 is 5.56 Å². The molecule has 0 unspecified atom stereocenters. The largest absolute Gasteiger partial charge is 0.390 e. The van der Waals surface area contributed by atoms with Gasteiger partial charge in [0.15, 0.2) is 0 Å². The van der Waals surface area contributed by atoms with E-state index in [4.69, 9.17) is 39.6 Å². The Bertz CT molecular complexity index is 1420. The summed E-state index contributed by atoms with van der Waals surface area (Å²) in [5.74, 6) is -1.61. The van der Waals surface area contributed by atoms with Crippen molar-refractivity contribution in [1.82, 2.24) is 9.55 Å². The fourth-order valence-corrected chi connectivity index (χ4v) is 3.81. The first-order valence-electron chi connectivity index (χ1n) is 9.77. The number of nitrogens with zero attached hydrogens (tertiary/aromatic N) is 3. The summed E-state index contributed by atoms with van der Waals surface area (Å²) < 4.78 is 29.5. The topological polar surface area (TPSA) is 56.5 Å². The third-order valence-electron chi connectivity index (χ3n) is 4.72. The van der Waals surface area contributed by atoms with Crippen LogP contribution in [0.15, 0.2) is 83.0 Å². The van der Waals surface area contributed by atoms with Crippen LogP contribution in [0.25, 0.3) is 5.69 Å². The number of aromatic nitrogens is 2. The molecule has 2 heterocycles. The zero-order valence-corrected chi connectivity index (χ0v) is 19.5. The van der Waals surface area contributed by atoms with Crippen molar-refractivity contribution in [3.8, 4) is 5.69 Å². The van der Waals surface area contributed by atoms with Crippen LogP contribution in [-0.4, -0.2) is 15.3 Å². The molecule has 2 aromatic heterocycles. The van der Waals surface area contributed by atoms with E-state index in [1.807, 2.05) is 0 Å². The third-order valence-corrected chi connectivity index (χ3v) is 5.56. The van der Waals surface area contributed by atoms with E-state index in [0.29, 0.717) is 16.3 Å². The van der Waals surface area contributed by atoms with Crippen LogP contribution in [0.1, 0.15) is 16.7 Å². The van der Waals surface area contributed by atoms with Gasteiger partial charge in [-0.2, -0.15) is 0 Å². The SMILES string of the molecule is O=c1ccc(C(=NOCc2ccc(Cl)nc2)c2ccc(F)cc2F)cn1-c1c(Cl)cccc1Cl. The number of rotatable bonds is 6. The predicted molar refractivity (Wildman–Crippen MR) is 128 cm³/mol. The third kappa shape index (κ3) is 5.28. The molecule has 172 valence electrons. The molecule has 0 atom stereocenters. The summed E-state index contributed by atoms with van der Waals surface area (Å²) in [6, 6.07) is 13.9. The fraction of sp³-hybridized carbons (Fsp3) is 0.0417. The standard InChI is InChI=1S/C24H14Cl3F2N3O2/c25-18-2-1-3-19(26)24(18)32-12-15(5-9-22(32)33)23(17-7-6-16(28)10-20(17)29)31-34-13-14-4-8-21(27)30-11-14/h1-12H,13H2. The molecule has 10 heteroatoms. The van der Waals surface area contributed by atoms with Crippen LogP contribution in [0, 0.1) is 11.6 Å². The lowest BCUT2D eigenvalue weighted by Crippen LogP contribution is -2.20. The smallest absolute Gasteiger partial charge is 0.255 e. The van der Waals surface area contributed by atoms with Gasteiger partial charge in [-0.05, 0) is 36.4 Å². The number of halogens is 5. The first kappa shape index (κ1) is 23.9. The lowest BCUT2D eigenvalue weighted by atomic mass is 10.0. The molecule has 0 amide bonds. The molecule has 0 bridgehead atoms. The Hall–Kier alpha value is -3.26. The lowest BCUT2D eigenvalue weighted by Gasteiger charge is -2.13. The van der Waals surface area contributed by atoms with Gasteiger partial charge in [0, 0.05) is 41.2 Å². The summed E-state index contributed by atoms with van der Waals surface area (Å²) in [4.78, 5) is 22.0. The Labute approximate surface area is 207 Å². The summed E-state index contributed by atoms with van der Waals surface area (Å²) >= 11 is 18.3. The van der Waals surface area contributed by atoms with Crippen molar-refractivity contribution in [2.45, 2.75) is 6.61 Å². The Balaban J connectivity index is 1.80. The van der Waals surface area contributed by atoms with Crippen molar-refractivity contribution < 1.29 is 13.6 Å². The van der Waals surface area contributed by atoms with Crippen molar-refractivity contribution >= 4 is 40.5 Å². The molecule has 0 aliphatic rings. The summed E-state index contributed by atoms with van der Waals surface area (Å²) in [5, 5.41) is 4.90. The minimum atomic E-state index is -0.857. The maximum atomic E-state index is 14.7. The second kappa shape index (κ2) is 10.3. The van der Waals surface area contributed by atoms with Gasteiger partial charge in [0.1, 0.15) is 29.1 Å². The number of oxime groups is 1. The fourth-order valence-electron chi connectivity index (χ4n) is 3.12. The maximum absolute atomic E-state index is 14.7. The molecule has 5 nitrogen and oxygen atoms in total. The molecule has 0 aliphatic carbocycles. The van der Waals surface area contributed by atoms with E-state index in [9.17, 15) is 13.6 Å². The Morgan fingerprint density at radius 3 is 2.44 bits per heavy atom. The van der Waals surface area contributed by atoms with Crippen molar-refractivity contribution in [1.29, 1.82) is 0 Å². The highest BCUT2D eigenvalue weighted by Crippen LogP contribution is 2.28. The van der Waals surface area contributed by atoms with E-state index in [1.54, 1.807) is 30.3 Å². The molecule has 0 aliphatic heterocycles. The molecular weight excluding hydrogens is 507 g/mol. The van der Waals surface area contributed by atoms with Gasteiger partial charge in [-0.1, -0.05) is 52.1 Å². The number of hydrogen-bond donors (Lipinski definition) is 0. The number of hydrogen-bond acceptors (Lipinski definition) is 4. The molecule has 34 heavy (non-hydrogen) atoms. The van der Waals surface area contributed by atoms with Crippen LogP contribution in [-0.2, 0) is 11.4 Å². The van der Waals surface area contributed by atoms with Crippen LogP contribution in [0.2, 0.25) is 15.2 Å². The van der Waals surface area contributed by atoms with Crippen molar-refractivity contribution in [2.24, 2.45) is 5.16 Å². The highest BCUT2D eigenvalue weighted by atomic mass is 35.5. The number of para-hydroxylation sites is 1. The Morgan fingerprint density at radius 2 is 1.76 bits per heavy atom. The second-order valence-corrected chi connectivity index (χ2v) is 8.22. The van der Waals surface area contributed by atoms with E-state index < -0.39 is 17.2 Å². The molecule has 0 saturated carbocycles. The van der Waals surface area contributed by atoms with Gasteiger partial charge < -0.3 is 4.84 Å². The predicted octanol–water partition coefficient (Wildman–Crippen LogP) is 6.44. The van der Waals surface area contributed by atoms with E-state index in [2.05, 4.69) is 10.1 Å². The van der Waals surface area contributed by atoms with E-state index >= 15 is 0 Å². The summed E-state index contributed by atoms with van der Waals surface area (Å²) in [6.07, 6.45) is 2.92. The number of benzene rings is 2. The van der Waals surface area contributed by atoms with Crippen molar-refractivity contribution in [2.75, 3.05) is 0 Å². The van der Waals surface area contributed by atoms with Gasteiger partial charge in [0.2, 0.25) is 0 Å².